The van der Waals surface area contributed by atoms with Crippen molar-refractivity contribution in [1.82, 2.24) is 15.1 Å². The average molecular weight is 642 g/mol. The summed E-state index contributed by atoms with van der Waals surface area (Å²) in [6.07, 6.45) is 20.6. The summed E-state index contributed by atoms with van der Waals surface area (Å²) >= 11 is 0. The second kappa shape index (κ2) is 32.7. The predicted octanol–water partition coefficient (Wildman–Crippen LogP) is 2.35. The molecule has 12 nitrogen and oxygen atoms in total. The summed E-state index contributed by atoms with van der Waals surface area (Å²) in [5, 5.41) is 11.9. The highest BCUT2D eigenvalue weighted by Crippen LogP contribution is 2.13. The molecule has 0 atom stereocenters. The summed E-state index contributed by atoms with van der Waals surface area (Å²) in [6.45, 7) is 6.82. The number of nitrogens with one attached hydrogen (secondary N) is 1. The molecule has 0 aliphatic carbocycles. The van der Waals surface area contributed by atoms with E-state index in [4.69, 9.17) is 27.1 Å². The first kappa shape index (κ1) is 44.4. The Labute approximate surface area is 272 Å². The Morgan fingerprint density at radius 2 is 0.822 bits per heavy atom. The Bertz CT molecular complexity index is 761. The third kappa shape index (κ3) is 39.2. The molecule has 45 heavy (non-hydrogen) atoms. The molecule has 7 N–H and O–H groups in total. The van der Waals surface area contributed by atoms with Crippen LogP contribution in [0.4, 0.5) is 0 Å². The number of primary amides is 3. The van der Waals surface area contributed by atoms with E-state index in [1.54, 1.807) is 0 Å². The molecule has 0 radical (unpaired) electrons. The lowest BCUT2D eigenvalue weighted by atomic mass is 10.0. The van der Waals surface area contributed by atoms with Crippen molar-refractivity contribution in [2.45, 2.75) is 136 Å². The van der Waals surface area contributed by atoms with Crippen LogP contribution in [0.2, 0.25) is 0 Å². The molecule has 0 aliphatic heterocycles. The first-order valence-electron chi connectivity index (χ1n) is 17.2. The standard InChI is InChI=1S/C31H62N6O4.C2H4O2/c1-2-3-4-5-6-7-8-9-10-11-12-13-14-15-16-17-31(41)35-21-25-37(24-20-30(34)40)27-26-36(22-18-28(32)38)23-19-29(33)39;1-2(3)4/h2-27H2,1H3,(H2,32,38)(H2,33,39)(H2,34,40)(H,35,41);1H3,(H,3,4)/p-1. The number of carbonyl (C=O) groups excluding carboxylic acids is 5. The van der Waals surface area contributed by atoms with Crippen molar-refractivity contribution in [3.05, 3.63) is 0 Å². The van der Waals surface area contributed by atoms with Gasteiger partial charge in [0.1, 0.15) is 0 Å². The number of unbranched alkanes of at least 4 members (excludes halogenated alkanes) is 14. The molecule has 0 heterocycles. The van der Waals surface area contributed by atoms with Crippen LogP contribution in [0.1, 0.15) is 136 Å². The summed E-state index contributed by atoms with van der Waals surface area (Å²) in [7, 11) is 0. The number of nitrogens with zero attached hydrogens (tertiary/aromatic N) is 2. The van der Waals surface area contributed by atoms with E-state index in [1.165, 1.54) is 83.5 Å². The van der Waals surface area contributed by atoms with Crippen LogP contribution < -0.4 is 27.6 Å². The van der Waals surface area contributed by atoms with Crippen LogP contribution in [0.25, 0.3) is 0 Å². The van der Waals surface area contributed by atoms with Crippen molar-refractivity contribution in [3.8, 4) is 0 Å². The van der Waals surface area contributed by atoms with Gasteiger partial charge in [0, 0.05) is 77.5 Å². The topological polar surface area (TPSA) is 205 Å². The van der Waals surface area contributed by atoms with E-state index in [-0.39, 0.29) is 31.1 Å². The van der Waals surface area contributed by atoms with Gasteiger partial charge in [0.05, 0.1) is 0 Å². The highest BCUT2D eigenvalue weighted by Gasteiger charge is 2.13. The van der Waals surface area contributed by atoms with E-state index in [2.05, 4.69) is 17.1 Å². The Morgan fingerprint density at radius 1 is 0.511 bits per heavy atom. The lowest BCUT2D eigenvalue weighted by Gasteiger charge is -2.27. The van der Waals surface area contributed by atoms with Crippen LogP contribution in [-0.4, -0.2) is 85.2 Å². The summed E-state index contributed by atoms with van der Waals surface area (Å²) in [6, 6.07) is 0. The molecule has 0 fully saturated rings. The second-order valence-corrected chi connectivity index (χ2v) is 11.9. The summed E-state index contributed by atoms with van der Waals surface area (Å²) in [5.74, 6) is -2.22. The smallest absolute Gasteiger partial charge is 0.220 e. The maximum Gasteiger partial charge on any atom is 0.220 e. The summed E-state index contributed by atoms with van der Waals surface area (Å²) in [5.41, 5.74) is 15.9. The molecule has 0 unspecified atom stereocenters. The Balaban J connectivity index is 0. The van der Waals surface area contributed by atoms with Gasteiger partial charge in [0.25, 0.3) is 0 Å². The fourth-order valence-electron chi connectivity index (χ4n) is 4.86. The summed E-state index contributed by atoms with van der Waals surface area (Å²) in [4.78, 5) is 58.9. The number of carbonyl (C=O) groups is 5. The van der Waals surface area contributed by atoms with Gasteiger partial charge in [-0.2, -0.15) is 0 Å². The third-order valence-corrected chi connectivity index (χ3v) is 7.51. The molecule has 0 aliphatic rings. The molecule has 0 bridgehead atoms. The molecule has 0 aromatic heterocycles. The Morgan fingerprint density at radius 3 is 1.16 bits per heavy atom. The highest BCUT2D eigenvalue weighted by atomic mass is 16.4. The van der Waals surface area contributed by atoms with Crippen molar-refractivity contribution in [2.75, 3.05) is 45.8 Å². The van der Waals surface area contributed by atoms with Gasteiger partial charge in [-0.25, -0.2) is 0 Å². The minimum atomic E-state index is -1.08. The van der Waals surface area contributed by atoms with Gasteiger partial charge in [-0.15, -0.1) is 0 Å². The molecule has 0 aromatic carbocycles. The SMILES string of the molecule is CC(=O)[O-].CCCCCCCCCCCCCCCCCC(=O)NCCN(CCC(N)=O)CCN(CCC(N)=O)CCC(N)=O. The fourth-order valence-corrected chi connectivity index (χ4v) is 4.86. The zero-order valence-electron chi connectivity index (χ0n) is 28.5. The van der Waals surface area contributed by atoms with Crippen LogP contribution in [0.15, 0.2) is 0 Å². The van der Waals surface area contributed by atoms with Crippen molar-refractivity contribution in [1.29, 1.82) is 0 Å². The number of carboxylic acid groups (broad SMARTS) is 1. The lowest BCUT2D eigenvalue weighted by molar-refractivity contribution is -0.302. The van der Waals surface area contributed by atoms with E-state index >= 15 is 0 Å². The molecule has 264 valence electrons. The van der Waals surface area contributed by atoms with Crippen molar-refractivity contribution in [2.24, 2.45) is 17.2 Å². The molecule has 0 rings (SSSR count). The highest BCUT2D eigenvalue weighted by molar-refractivity contribution is 5.76. The average Bonchev–Trinajstić information content (AvgIpc) is 2.96. The number of carboxylic acids is 1. The van der Waals surface area contributed by atoms with Crippen LogP contribution in [0.5, 0.6) is 0 Å². The largest absolute Gasteiger partial charge is 0.550 e. The second-order valence-electron chi connectivity index (χ2n) is 11.9. The van der Waals surface area contributed by atoms with Crippen molar-refractivity contribution in [3.63, 3.8) is 0 Å². The molecule has 0 spiro atoms. The first-order valence-corrected chi connectivity index (χ1v) is 17.2. The molecule has 0 saturated heterocycles. The quantitative estimate of drug-likeness (QED) is 0.0825. The normalized spacial score (nSPS) is 10.8. The van der Waals surface area contributed by atoms with Gasteiger partial charge in [0.2, 0.25) is 23.6 Å². The van der Waals surface area contributed by atoms with Gasteiger partial charge in [-0.3, -0.25) is 24.1 Å². The van der Waals surface area contributed by atoms with Gasteiger partial charge in [-0.1, -0.05) is 96.8 Å². The number of rotatable bonds is 31. The van der Waals surface area contributed by atoms with E-state index in [9.17, 15) is 19.2 Å². The third-order valence-electron chi connectivity index (χ3n) is 7.51. The molecular weight excluding hydrogens is 576 g/mol. The van der Waals surface area contributed by atoms with E-state index in [1.807, 2.05) is 4.90 Å². The lowest BCUT2D eigenvalue weighted by Crippen LogP contribution is -2.42. The van der Waals surface area contributed by atoms with E-state index < -0.39 is 17.8 Å². The maximum atomic E-state index is 12.3. The zero-order chi connectivity index (χ0) is 34.1. The Hall–Kier alpha value is -2.73. The van der Waals surface area contributed by atoms with Gasteiger partial charge in [-0.05, 0) is 13.3 Å². The van der Waals surface area contributed by atoms with Crippen LogP contribution in [0.3, 0.4) is 0 Å². The van der Waals surface area contributed by atoms with E-state index in [0.29, 0.717) is 52.2 Å². The first-order chi connectivity index (χ1) is 21.5. The fraction of sp³-hybridized carbons (Fsp3) is 0.848. The van der Waals surface area contributed by atoms with Crippen molar-refractivity contribution < 1.29 is 29.1 Å². The number of amides is 4. The van der Waals surface area contributed by atoms with Crippen LogP contribution in [0, 0.1) is 0 Å². The van der Waals surface area contributed by atoms with Crippen molar-refractivity contribution >= 4 is 29.6 Å². The van der Waals surface area contributed by atoms with Gasteiger partial charge in [0.15, 0.2) is 0 Å². The maximum absolute atomic E-state index is 12.3. The van der Waals surface area contributed by atoms with E-state index in [0.717, 1.165) is 19.8 Å². The minimum Gasteiger partial charge on any atom is -0.550 e. The molecule has 0 aromatic rings. The van der Waals surface area contributed by atoms with Crippen LogP contribution in [-0.2, 0) is 24.0 Å². The molecule has 4 amide bonds. The molecule has 0 saturated carbocycles. The minimum absolute atomic E-state index is 0.0547. The Kier molecular flexibility index (Phi) is 32.2. The number of aliphatic carboxylic acids is 1. The van der Waals surface area contributed by atoms with Crippen LogP contribution >= 0.6 is 0 Å². The predicted molar refractivity (Wildman–Crippen MR) is 178 cm³/mol. The zero-order valence-corrected chi connectivity index (χ0v) is 28.5. The van der Waals surface area contributed by atoms with Gasteiger partial charge >= 0.3 is 0 Å². The molecular formula is C33H65N6O6-. The number of hydrogen-bond donors (Lipinski definition) is 4. The number of nitrogens with two attached hydrogens (primary N) is 3. The van der Waals surface area contributed by atoms with Gasteiger partial charge < -0.3 is 37.3 Å². The number of hydrogen-bond acceptors (Lipinski definition) is 8. The molecule has 12 heteroatoms. The summed E-state index contributed by atoms with van der Waals surface area (Å²) < 4.78 is 0. The monoisotopic (exact) mass is 641 g/mol.